The van der Waals surface area contributed by atoms with Crippen LogP contribution in [0.25, 0.3) is 10.9 Å². The molecular formula is C22H22Br2ClN3O3. The monoisotopic (exact) mass is 569 g/mol. The van der Waals surface area contributed by atoms with Gasteiger partial charge in [-0.1, -0.05) is 41.4 Å². The highest BCUT2D eigenvalue weighted by Gasteiger charge is 2.18. The van der Waals surface area contributed by atoms with Gasteiger partial charge in [0.25, 0.3) is 5.56 Å². The van der Waals surface area contributed by atoms with Crippen molar-refractivity contribution in [2.24, 2.45) is 5.10 Å². The summed E-state index contributed by atoms with van der Waals surface area (Å²) in [4.78, 5) is 17.9. The third kappa shape index (κ3) is 4.96. The summed E-state index contributed by atoms with van der Waals surface area (Å²) in [7, 11) is 0. The van der Waals surface area contributed by atoms with E-state index in [1.807, 2.05) is 39.8 Å². The van der Waals surface area contributed by atoms with Crippen molar-refractivity contribution in [2.75, 3.05) is 13.2 Å². The molecule has 0 N–H and O–H groups in total. The van der Waals surface area contributed by atoms with Crippen LogP contribution in [-0.2, 0) is 0 Å². The fraction of sp³-hybridized carbons (Fsp3) is 0.318. The van der Waals surface area contributed by atoms with Gasteiger partial charge in [-0.3, -0.25) is 4.79 Å². The summed E-state index contributed by atoms with van der Waals surface area (Å²) >= 11 is 13.4. The second kappa shape index (κ2) is 10.1. The molecule has 0 fully saturated rings. The lowest BCUT2D eigenvalue weighted by Gasteiger charge is -2.15. The van der Waals surface area contributed by atoms with Crippen LogP contribution in [0, 0.1) is 0 Å². The van der Waals surface area contributed by atoms with Crippen LogP contribution in [0.3, 0.4) is 0 Å². The predicted molar refractivity (Wildman–Crippen MR) is 132 cm³/mol. The van der Waals surface area contributed by atoms with Crippen molar-refractivity contribution < 1.29 is 9.47 Å². The SMILES string of the molecule is CCOc1cc(C=Nn2c(C(C)C)nc3ccc(Br)cc3c2=O)c(Br)c(Cl)c1OCC. The highest BCUT2D eigenvalue weighted by Crippen LogP contribution is 2.42. The Bertz CT molecular complexity index is 1210. The standard InChI is InChI=1S/C22H22Br2ClN3O3/c1-5-30-17-9-13(18(24)19(25)20(17)31-6-2)11-26-28-21(12(3)4)27-16-8-7-14(23)10-15(16)22(28)29/h7-12H,5-6H2,1-4H3. The number of rotatable bonds is 7. The third-order valence-electron chi connectivity index (χ3n) is 4.41. The van der Waals surface area contributed by atoms with E-state index in [0.717, 1.165) is 4.47 Å². The van der Waals surface area contributed by atoms with Crippen molar-refractivity contribution in [3.63, 3.8) is 0 Å². The third-order valence-corrected chi connectivity index (χ3v) is 6.34. The van der Waals surface area contributed by atoms with Gasteiger partial charge in [0.1, 0.15) is 10.8 Å². The van der Waals surface area contributed by atoms with Gasteiger partial charge >= 0.3 is 0 Å². The Morgan fingerprint density at radius 3 is 2.55 bits per heavy atom. The Balaban J connectivity index is 2.18. The molecule has 0 bridgehead atoms. The Morgan fingerprint density at radius 1 is 1.19 bits per heavy atom. The van der Waals surface area contributed by atoms with Gasteiger partial charge in [-0.25, -0.2) is 4.98 Å². The largest absolute Gasteiger partial charge is 0.490 e. The van der Waals surface area contributed by atoms with E-state index in [2.05, 4.69) is 41.9 Å². The summed E-state index contributed by atoms with van der Waals surface area (Å²) in [6.07, 6.45) is 1.56. The van der Waals surface area contributed by atoms with Gasteiger partial charge < -0.3 is 9.47 Å². The first kappa shape index (κ1) is 23.8. The minimum atomic E-state index is -0.246. The summed E-state index contributed by atoms with van der Waals surface area (Å²) in [5, 5.41) is 5.33. The first-order valence-electron chi connectivity index (χ1n) is 9.82. The molecule has 0 aliphatic rings. The van der Waals surface area contributed by atoms with Gasteiger partial charge in [-0.05, 0) is 54.0 Å². The van der Waals surface area contributed by atoms with Crippen molar-refractivity contribution in [3.8, 4) is 11.5 Å². The summed E-state index contributed by atoms with van der Waals surface area (Å²) < 4.78 is 14.1. The average Bonchev–Trinajstić information content (AvgIpc) is 2.73. The zero-order valence-electron chi connectivity index (χ0n) is 17.6. The molecule has 0 saturated heterocycles. The molecule has 0 radical (unpaired) electrons. The molecule has 9 heteroatoms. The number of benzene rings is 2. The van der Waals surface area contributed by atoms with Crippen LogP contribution in [0.1, 0.15) is 45.0 Å². The second-order valence-corrected chi connectivity index (χ2v) is 9.02. The van der Waals surface area contributed by atoms with E-state index in [1.54, 1.807) is 18.3 Å². The quantitative estimate of drug-likeness (QED) is 0.309. The fourth-order valence-electron chi connectivity index (χ4n) is 3.01. The molecule has 6 nitrogen and oxygen atoms in total. The molecule has 0 atom stereocenters. The van der Waals surface area contributed by atoms with Crippen molar-refractivity contribution in [1.82, 2.24) is 9.66 Å². The number of hydrogen-bond donors (Lipinski definition) is 0. The van der Waals surface area contributed by atoms with Crippen LogP contribution in [0.5, 0.6) is 11.5 Å². The lowest BCUT2D eigenvalue weighted by Crippen LogP contribution is -2.23. The van der Waals surface area contributed by atoms with E-state index in [1.165, 1.54) is 4.68 Å². The van der Waals surface area contributed by atoms with Crippen LogP contribution in [0.4, 0.5) is 0 Å². The Labute approximate surface area is 202 Å². The Morgan fingerprint density at radius 2 is 1.90 bits per heavy atom. The maximum Gasteiger partial charge on any atom is 0.282 e. The number of aromatic nitrogens is 2. The molecule has 0 amide bonds. The Kier molecular flexibility index (Phi) is 7.78. The molecule has 1 heterocycles. The molecule has 31 heavy (non-hydrogen) atoms. The van der Waals surface area contributed by atoms with Crippen LogP contribution in [0.2, 0.25) is 5.02 Å². The molecule has 0 unspecified atom stereocenters. The van der Waals surface area contributed by atoms with Crippen molar-refractivity contribution in [2.45, 2.75) is 33.6 Å². The molecule has 0 aliphatic heterocycles. The normalized spacial score (nSPS) is 11.6. The molecule has 3 rings (SSSR count). The molecule has 164 valence electrons. The zero-order chi connectivity index (χ0) is 22.7. The van der Waals surface area contributed by atoms with Gasteiger partial charge in [0, 0.05) is 20.4 Å². The number of ether oxygens (including phenoxy) is 2. The van der Waals surface area contributed by atoms with E-state index < -0.39 is 0 Å². The average molecular weight is 572 g/mol. The van der Waals surface area contributed by atoms with Crippen LogP contribution < -0.4 is 15.0 Å². The Hall–Kier alpha value is -1.90. The van der Waals surface area contributed by atoms with E-state index in [0.29, 0.717) is 56.5 Å². The van der Waals surface area contributed by atoms with Gasteiger partial charge in [-0.15, -0.1) is 0 Å². The first-order chi connectivity index (χ1) is 14.8. The van der Waals surface area contributed by atoms with E-state index >= 15 is 0 Å². The summed E-state index contributed by atoms with van der Waals surface area (Å²) in [6, 6.07) is 7.20. The summed E-state index contributed by atoms with van der Waals surface area (Å²) in [5.41, 5.74) is 1.03. The number of nitrogens with zero attached hydrogens (tertiary/aromatic N) is 3. The van der Waals surface area contributed by atoms with Crippen molar-refractivity contribution in [1.29, 1.82) is 0 Å². The van der Waals surface area contributed by atoms with Crippen LogP contribution in [0.15, 0.2) is 43.1 Å². The topological polar surface area (TPSA) is 65.7 Å². The molecule has 0 aliphatic carbocycles. The second-order valence-electron chi connectivity index (χ2n) is 6.93. The van der Waals surface area contributed by atoms with Crippen molar-refractivity contribution >= 4 is 60.6 Å². The minimum absolute atomic E-state index is 0.00996. The van der Waals surface area contributed by atoms with Gasteiger partial charge in [-0.2, -0.15) is 9.78 Å². The van der Waals surface area contributed by atoms with Gasteiger partial charge in [0.15, 0.2) is 11.5 Å². The van der Waals surface area contributed by atoms with Crippen LogP contribution in [-0.4, -0.2) is 29.1 Å². The highest BCUT2D eigenvalue weighted by atomic mass is 79.9. The van der Waals surface area contributed by atoms with Crippen LogP contribution >= 0.6 is 43.5 Å². The summed E-state index contributed by atoms with van der Waals surface area (Å²) in [5.74, 6) is 1.53. The maximum absolute atomic E-state index is 13.2. The maximum atomic E-state index is 13.2. The lowest BCUT2D eigenvalue weighted by atomic mass is 10.2. The van der Waals surface area contributed by atoms with Gasteiger partial charge in [0.2, 0.25) is 0 Å². The van der Waals surface area contributed by atoms with Gasteiger partial charge in [0.05, 0.1) is 30.3 Å². The highest BCUT2D eigenvalue weighted by molar-refractivity contribution is 9.10. The lowest BCUT2D eigenvalue weighted by molar-refractivity contribution is 0.287. The molecule has 0 spiro atoms. The zero-order valence-corrected chi connectivity index (χ0v) is 21.5. The minimum Gasteiger partial charge on any atom is -0.490 e. The molecule has 1 aromatic heterocycles. The molecule has 3 aromatic rings. The number of hydrogen-bond acceptors (Lipinski definition) is 5. The predicted octanol–water partition coefficient (Wildman–Crippen LogP) is 6.38. The van der Waals surface area contributed by atoms with E-state index in [-0.39, 0.29) is 11.5 Å². The van der Waals surface area contributed by atoms with E-state index in [9.17, 15) is 4.79 Å². The summed E-state index contributed by atoms with van der Waals surface area (Å²) in [6.45, 7) is 8.60. The number of fused-ring (bicyclic) bond motifs is 1. The van der Waals surface area contributed by atoms with E-state index in [4.69, 9.17) is 21.1 Å². The smallest absolute Gasteiger partial charge is 0.282 e. The van der Waals surface area contributed by atoms with Crippen molar-refractivity contribution in [3.05, 3.63) is 60.0 Å². The molecule has 0 saturated carbocycles. The number of halogens is 3. The molecule has 2 aromatic carbocycles. The first-order valence-corrected chi connectivity index (χ1v) is 11.8. The molecular weight excluding hydrogens is 550 g/mol. The fourth-order valence-corrected chi connectivity index (χ4v) is 4.03.